The fourth-order valence-electron chi connectivity index (χ4n) is 3.83. The van der Waals surface area contributed by atoms with E-state index in [1.54, 1.807) is 18.0 Å². The normalized spacial score (nSPS) is 19.8. The van der Waals surface area contributed by atoms with E-state index < -0.39 is 6.29 Å². The van der Waals surface area contributed by atoms with Crippen molar-refractivity contribution in [1.82, 2.24) is 15.6 Å². The van der Waals surface area contributed by atoms with Crippen molar-refractivity contribution in [2.45, 2.75) is 50.0 Å². The van der Waals surface area contributed by atoms with Crippen molar-refractivity contribution in [3.63, 3.8) is 0 Å². The van der Waals surface area contributed by atoms with Crippen LogP contribution in [0.5, 0.6) is 0 Å². The molecule has 1 aliphatic rings. The molecule has 0 bridgehead atoms. The number of aromatic nitrogens is 1. The third-order valence-electron chi connectivity index (χ3n) is 5.71. The van der Waals surface area contributed by atoms with E-state index in [2.05, 4.69) is 15.6 Å². The van der Waals surface area contributed by atoms with Crippen LogP contribution in [0.4, 0.5) is 4.79 Å². The molecular weight excluding hydrogens is 462 g/mol. The molecule has 0 unspecified atom stereocenters. The lowest BCUT2D eigenvalue weighted by Crippen LogP contribution is -2.34. The van der Waals surface area contributed by atoms with Crippen LogP contribution in [0.25, 0.3) is 0 Å². The minimum Gasteiger partial charge on any atom is -0.392 e. The van der Waals surface area contributed by atoms with E-state index >= 15 is 0 Å². The zero-order chi connectivity index (χ0) is 24.5. The van der Waals surface area contributed by atoms with Gasteiger partial charge in [0.1, 0.15) is 0 Å². The lowest BCUT2D eigenvalue weighted by molar-refractivity contribution is -0.245. The number of carbonyl (C=O) groups is 1. The van der Waals surface area contributed by atoms with Gasteiger partial charge in [-0.05, 0) is 35.7 Å². The van der Waals surface area contributed by atoms with Gasteiger partial charge in [-0.2, -0.15) is 0 Å². The van der Waals surface area contributed by atoms with Crippen LogP contribution in [0, 0.1) is 0 Å². The maximum atomic E-state index is 11.7. The minimum atomic E-state index is -0.508. The molecule has 1 aromatic heterocycles. The Balaban J connectivity index is 1.46. The van der Waals surface area contributed by atoms with Gasteiger partial charge >= 0.3 is 6.03 Å². The molecule has 2 heterocycles. The molecule has 3 atom stereocenters. The van der Waals surface area contributed by atoms with Crippen molar-refractivity contribution < 1.29 is 19.4 Å². The largest absolute Gasteiger partial charge is 0.392 e. The second-order valence-corrected chi connectivity index (χ2v) is 9.32. The maximum Gasteiger partial charge on any atom is 0.315 e. The summed E-state index contributed by atoms with van der Waals surface area (Å²) in [5.74, 6) is 0.761. The van der Waals surface area contributed by atoms with Gasteiger partial charge in [0.25, 0.3) is 0 Å². The zero-order valence-electron chi connectivity index (χ0n) is 19.7. The number of aliphatic hydroxyl groups excluding tert-OH is 1. The average Bonchev–Trinajstić information content (AvgIpc) is 2.92. The third kappa shape index (κ3) is 7.29. The number of benzene rings is 2. The summed E-state index contributed by atoms with van der Waals surface area (Å²) in [4.78, 5) is 16.1. The molecular formula is C27H31N3O4S. The highest BCUT2D eigenvalue weighted by atomic mass is 32.2. The summed E-state index contributed by atoms with van der Waals surface area (Å²) in [5, 5.41) is 15.9. The molecule has 8 heteroatoms. The second kappa shape index (κ2) is 12.7. The van der Waals surface area contributed by atoms with Gasteiger partial charge in [0.2, 0.25) is 0 Å². The van der Waals surface area contributed by atoms with E-state index in [-0.39, 0.29) is 24.8 Å². The smallest absolute Gasteiger partial charge is 0.315 e. The Morgan fingerprint density at radius 3 is 2.43 bits per heavy atom. The predicted octanol–water partition coefficient (Wildman–Crippen LogP) is 4.73. The third-order valence-corrected chi connectivity index (χ3v) is 6.79. The second-order valence-electron chi connectivity index (χ2n) is 8.28. The number of aliphatic hydroxyl groups is 1. The number of urea groups is 1. The Hall–Kier alpha value is -2.91. The molecule has 4 rings (SSSR count). The summed E-state index contributed by atoms with van der Waals surface area (Å²) in [5.41, 5.74) is 3.85. The van der Waals surface area contributed by atoms with E-state index in [1.165, 1.54) is 0 Å². The highest BCUT2D eigenvalue weighted by molar-refractivity contribution is 7.99. The van der Waals surface area contributed by atoms with Gasteiger partial charge in [-0.3, -0.25) is 0 Å². The van der Waals surface area contributed by atoms with E-state index in [9.17, 15) is 9.90 Å². The number of nitrogens with one attached hydrogen (secondary N) is 2. The molecule has 3 aromatic rings. The maximum absolute atomic E-state index is 11.7. The highest BCUT2D eigenvalue weighted by Gasteiger charge is 2.32. The number of hydrogen-bond acceptors (Lipinski definition) is 6. The molecule has 0 aliphatic carbocycles. The van der Waals surface area contributed by atoms with E-state index in [1.807, 2.05) is 73.7 Å². The summed E-state index contributed by atoms with van der Waals surface area (Å²) in [6.07, 6.45) is 1.86. The van der Waals surface area contributed by atoms with Gasteiger partial charge in [0, 0.05) is 37.0 Å². The summed E-state index contributed by atoms with van der Waals surface area (Å²) < 4.78 is 12.8. The van der Waals surface area contributed by atoms with E-state index in [0.717, 1.165) is 39.5 Å². The average molecular weight is 494 g/mol. The first-order valence-electron chi connectivity index (χ1n) is 11.8. The Morgan fingerprint density at radius 1 is 1.00 bits per heavy atom. The predicted molar refractivity (Wildman–Crippen MR) is 136 cm³/mol. The number of nitrogens with zero attached hydrogens (tertiary/aromatic N) is 1. The fourth-order valence-corrected chi connectivity index (χ4v) is 4.71. The Kier molecular flexibility index (Phi) is 9.14. The van der Waals surface area contributed by atoms with Gasteiger partial charge in [-0.1, -0.05) is 54.6 Å². The van der Waals surface area contributed by atoms with Gasteiger partial charge in [0.05, 0.1) is 23.8 Å². The molecule has 35 heavy (non-hydrogen) atoms. The monoisotopic (exact) mass is 493 g/mol. The molecule has 0 spiro atoms. The van der Waals surface area contributed by atoms with Crippen LogP contribution in [-0.4, -0.2) is 34.5 Å². The Morgan fingerprint density at radius 2 is 1.74 bits per heavy atom. The number of amides is 2. The van der Waals surface area contributed by atoms with Crippen molar-refractivity contribution in [2.75, 3.05) is 12.3 Å². The summed E-state index contributed by atoms with van der Waals surface area (Å²) in [6.45, 7) is 2.93. The molecule has 3 N–H and O–H groups in total. The van der Waals surface area contributed by atoms with Crippen LogP contribution in [0.2, 0.25) is 0 Å². The molecule has 1 saturated heterocycles. The van der Waals surface area contributed by atoms with Gasteiger partial charge in [-0.15, -0.1) is 11.8 Å². The molecule has 0 radical (unpaired) electrons. The van der Waals surface area contributed by atoms with Crippen LogP contribution >= 0.6 is 11.8 Å². The summed E-state index contributed by atoms with van der Waals surface area (Å²) in [6, 6.07) is 21.5. The summed E-state index contributed by atoms with van der Waals surface area (Å²) in [7, 11) is 0. The Bertz CT molecular complexity index is 1060. The van der Waals surface area contributed by atoms with Gasteiger partial charge in [-0.25, -0.2) is 9.78 Å². The first-order valence-corrected chi connectivity index (χ1v) is 12.8. The molecule has 1 aliphatic heterocycles. The number of carbonyl (C=O) groups excluding carboxylic acids is 1. The van der Waals surface area contributed by atoms with Crippen LogP contribution in [-0.2, 0) is 22.6 Å². The highest BCUT2D eigenvalue weighted by Crippen LogP contribution is 2.39. The lowest BCUT2D eigenvalue weighted by atomic mass is 10.0. The first-order chi connectivity index (χ1) is 17.1. The summed E-state index contributed by atoms with van der Waals surface area (Å²) >= 11 is 1.67. The van der Waals surface area contributed by atoms with Crippen molar-refractivity contribution in [1.29, 1.82) is 0 Å². The van der Waals surface area contributed by atoms with E-state index in [4.69, 9.17) is 9.47 Å². The van der Waals surface area contributed by atoms with Crippen LogP contribution in [0.1, 0.15) is 48.0 Å². The van der Waals surface area contributed by atoms with Crippen LogP contribution < -0.4 is 10.6 Å². The number of rotatable bonds is 9. The quantitative estimate of drug-likeness (QED) is 0.373. The lowest BCUT2D eigenvalue weighted by Gasteiger charge is -2.36. The van der Waals surface area contributed by atoms with Crippen LogP contribution in [0.15, 0.2) is 78.0 Å². The van der Waals surface area contributed by atoms with Crippen molar-refractivity contribution in [3.05, 3.63) is 95.2 Å². The minimum absolute atomic E-state index is 0.0161. The van der Waals surface area contributed by atoms with Crippen LogP contribution in [0.3, 0.4) is 0 Å². The molecule has 1 fully saturated rings. The first kappa shape index (κ1) is 25.2. The van der Waals surface area contributed by atoms with Gasteiger partial charge in [0.15, 0.2) is 6.29 Å². The van der Waals surface area contributed by atoms with Crippen molar-refractivity contribution in [3.8, 4) is 0 Å². The van der Waals surface area contributed by atoms with E-state index in [0.29, 0.717) is 13.1 Å². The van der Waals surface area contributed by atoms with Crippen molar-refractivity contribution >= 4 is 17.8 Å². The van der Waals surface area contributed by atoms with Crippen molar-refractivity contribution in [2.24, 2.45) is 0 Å². The molecule has 2 amide bonds. The Labute approximate surface area is 210 Å². The molecule has 184 valence electrons. The fraction of sp³-hybridized carbons (Fsp3) is 0.333. The SMILES string of the molecule is CCNC(=O)NCc1ccc([C@@H]2O[C@H](CSc3ccccn3)C[C@H](c3ccc(CO)cc3)O2)cc1. The van der Waals surface area contributed by atoms with Gasteiger partial charge < -0.3 is 25.2 Å². The number of ether oxygens (including phenoxy) is 2. The standard InChI is InChI=1S/C27H31N3O4S/c1-2-28-27(32)30-16-19-6-12-22(13-7-19)26-33-23(18-35-25-5-3-4-14-29-25)15-24(34-26)21-10-8-20(17-31)9-11-21/h3-14,23-24,26,31H,2,15-18H2,1H3,(H2,28,30,32)/t23-,24+,26+/m0/s1. The number of pyridine rings is 1. The topological polar surface area (TPSA) is 92.7 Å². The number of hydrogen-bond donors (Lipinski definition) is 3. The molecule has 7 nitrogen and oxygen atoms in total. The number of thioether (sulfide) groups is 1. The zero-order valence-corrected chi connectivity index (χ0v) is 20.5. The molecule has 2 aromatic carbocycles. The molecule has 0 saturated carbocycles.